The second-order valence-corrected chi connectivity index (χ2v) is 8.75. The molecular weight excluding hydrogens is 458 g/mol. The lowest BCUT2D eigenvalue weighted by Gasteiger charge is -2.13. The first kappa shape index (κ1) is 22.0. The molecule has 5 aromatic rings. The summed E-state index contributed by atoms with van der Waals surface area (Å²) in [6, 6.07) is 8.63. The summed E-state index contributed by atoms with van der Waals surface area (Å²) in [7, 11) is 0. The Labute approximate surface area is 197 Å². The van der Waals surface area contributed by atoms with E-state index in [4.69, 9.17) is 5.73 Å². The van der Waals surface area contributed by atoms with Gasteiger partial charge in [0.1, 0.15) is 5.69 Å². The number of aromatic nitrogens is 6. The molecule has 1 atom stereocenters. The van der Waals surface area contributed by atoms with Gasteiger partial charge in [-0.1, -0.05) is 23.4 Å². The Morgan fingerprint density at radius 1 is 1.15 bits per heavy atom. The zero-order valence-corrected chi connectivity index (χ0v) is 18.9. The molecule has 1 aromatic carbocycles. The van der Waals surface area contributed by atoms with Crippen LogP contribution in [0.15, 0.2) is 55.1 Å². The number of nitrogens with zero attached hydrogens (tertiary/aromatic N) is 6. The summed E-state index contributed by atoms with van der Waals surface area (Å²) in [5.74, 6) is -0.803. The van der Waals surface area contributed by atoms with Gasteiger partial charge in [-0.25, -0.2) is 19.3 Å². The third kappa shape index (κ3) is 4.35. The summed E-state index contributed by atoms with van der Waals surface area (Å²) in [5.41, 5.74) is 8.51. The van der Waals surface area contributed by atoms with E-state index in [1.807, 2.05) is 31.2 Å². The summed E-state index contributed by atoms with van der Waals surface area (Å²) < 4.78 is 31.3. The molecule has 0 spiro atoms. The van der Waals surface area contributed by atoms with Gasteiger partial charge in [0, 0.05) is 41.3 Å². The van der Waals surface area contributed by atoms with Gasteiger partial charge in [-0.15, -0.1) is 16.4 Å². The Bertz CT molecular complexity index is 1450. The minimum atomic E-state index is -0.586. The number of hydrogen-bond donors (Lipinski definition) is 2. The highest BCUT2D eigenvalue weighted by molar-refractivity contribution is 7.22. The van der Waals surface area contributed by atoms with Gasteiger partial charge in [0.15, 0.2) is 5.82 Å². The van der Waals surface area contributed by atoms with E-state index in [0.717, 1.165) is 27.4 Å². The minimum Gasteiger partial charge on any atom is -0.352 e. The summed E-state index contributed by atoms with van der Waals surface area (Å²) >= 11 is 1.38. The Morgan fingerprint density at radius 2 is 2.03 bits per heavy atom. The summed E-state index contributed by atoms with van der Waals surface area (Å²) in [4.78, 5) is 12.8. The van der Waals surface area contributed by atoms with Crippen LogP contribution in [0.25, 0.3) is 31.8 Å². The predicted molar refractivity (Wildman–Crippen MR) is 127 cm³/mol. The lowest BCUT2D eigenvalue weighted by Crippen LogP contribution is -2.13. The van der Waals surface area contributed by atoms with Gasteiger partial charge >= 0.3 is 0 Å². The third-order valence-electron chi connectivity index (χ3n) is 5.30. The maximum Gasteiger partial charge on any atom is 0.223 e. The molecule has 172 valence electrons. The molecule has 0 amide bonds. The molecule has 0 saturated heterocycles. The molecule has 0 aliphatic heterocycles. The molecule has 4 heterocycles. The van der Waals surface area contributed by atoms with Crippen LogP contribution in [0.5, 0.6) is 0 Å². The van der Waals surface area contributed by atoms with Gasteiger partial charge < -0.3 is 11.1 Å². The number of fused-ring (bicyclic) bond motifs is 1. The maximum atomic E-state index is 14.7. The topological polar surface area (TPSA) is 107 Å². The van der Waals surface area contributed by atoms with Gasteiger partial charge in [0.05, 0.1) is 23.8 Å². The largest absolute Gasteiger partial charge is 0.352 e. The van der Waals surface area contributed by atoms with Crippen molar-refractivity contribution in [2.24, 2.45) is 5.73 Å². The van der Waals surface area contributed by atoms with Crippen LogP contribution in [0.4, 0.5) is 14.7 Å². The van der Waals surface area contributed by atoms with E-state index in [0.29, 0.717) is 29.5 Å². The number of rotatable bonds is 7. The van der Waals surface area contributed by atoms with E-state index in [9.17, 15) is 8.78 Å². The van der Waals surface area contributed by atoms with Crippen LogP contribution >= 0.6 is 11.3 Å². The van der Waals surface area contributed by atoms with Crippen molar-refractivity contribution in [2.45, 2.75) is 19.5 Å². The molecular formula is C23H20F2N8S. The smallest absolute Gasteiger partial charge is 0.223 e. The average Bonchev–Trinajstić information content (AvgIpc) is 3.49. The molecule has 0 bridgehead atoms. The zero-order valence-electron chi connectivity index (χ0n) is 18.1. The molecule has 3 N–H and O–H groups in total. The number of halogens is 2. The molecule has 0 aliphatic carbocycles. The van der Waals surface area contributed by atoms with Crippen molar-refractivity contribution >= 4 is 27.4 Å². The normalized spacial score (nSPS) is 12.2. The highest BCUT2D eigenvalue weighted by Crippen LogP contribution is 2.41. The molecule has 11 heteroatoms. The van der Waals surface area contributed by atoms with E-state index in [-0.39, 0.29) is 11.7 Å². The SMILES string of the molecule is CC(N)c1cnc(F)cc1-c1cccc2cc(-c3nc(NCCn4ccnn4)ncc3F)sc12. The molecule has 0 radical (unpaired) electrons. The fourth-order valence-corrected chi connectivity index (χ4v) is 4.87. The molecule has 8 nitrogen and oxygen atoms in total. The van der Waals surface area contributed by atoms with Crippen LogP contribution in [-0.2, 0) is 6.54 Å². The van der Waals surface area contributed by atoms with Gasteiger partial charge in [-0.3, -0.25) is 4.68 Å². The van der Waals surface area contributed by atoms with E-state index >= 15 is 0 Å². The van der Waals surface area contributed by atoms with Crippen LogP contribution < -0.4 is 11.1 Å². The van der Waals surface area contributed by atoms with Gasteiger partial charge in [0.25, 0.3) is 0 Å². The number of nitrogens with two attached hydrogens (primary N) is 1. The standard InChI is InChI=1S/C23H20F2N8S/c1-13(26)17-11-28-20(25)10-16(17)15-4-2-3-14-9-19(34-22(14)15)21-18(24)12-29-23(31-21)27-5-7-33-8-6-30-32-33/h2-4,6,8-13H,5,7,26H2,1H3,(H,27,29,31). The first-order valence-corrected chi connectivity index (χ1v) is 11.4. The Balaban J connectivity index is 1.51. The molecule has 5 rings (SSSR count). The van der Waals surface area contributed by atoms with Gasteiger partial charge in [-0.2, -0.15) is 4.39 Å². The average molecular weight is 479 g/mol. The maximum absolute atomic E-state index is 14.7. The van der Waals surface area contributed by atoms with E-state index in [1.165, 1.54) is 23.6 Å². The summed E-state index contributed by atoms with van der Waals surface area (Å²) in [5, 5.41) is 11.6. The quantitative estimate of drug-likeness (QED) is 0.333. The fraction of sp³-hybridized carbons (Fsp3) is 0.174. The number of pyridine rings is 1. The second-order valence-electron chi connectivity index (χ2n) is 7.70. The van der Waals surface area contributed by atoms with Crippen molar-refractivity contribution in [3.8, 4) is 21.7 Å². The Hall–Kier alpha value is -3.83. The number of thiophene rings is 1. The molecule has 34 heavy (non-hydrogen) atoms. The van der Waals surface area contributed by atoms with Crippen molar-refractivity contribution in [1.82, 2.24) is 29.9 Å². The number of anilines is 1. The minimum absolute atomic E-state index is 0.193. The zero-order chi connectivity index (χ0) is 23.7. The fourth-order valence-electron chi connectivity index (χ4n) is 3.69. The van der Waals surface area contributed by atoms with Crippen LogP contribution in [-0.4, -0.2) is 36.5 Å². The van der Waals surface area contributed by atoms with Gasteiger partial charge in [-0.05, 0) is 29.5 Å². The number of benzene rings is 1. The van der Waals surface area contributed by atoms with Crippen LogP contribution in [0, 0.1) is 11.8 Å². The van der Waals surface area contributed by atoms with Crippen molar-refractivity contribution in [1.29, 1.82) is 0 Å². The van der Waals surface area contributed by atoms with Crippen LogP contribution in [0.2, 0.25) is 0 Å². The van der Waals surface area contributed by atoms with Gasteiger partial charge in [0.2, 0.25) is 11.9 Å². The van der Waals surface area contributed by atoms with Crippen LogP contribution in [0.3, 0.4) is 0 Å². The Kier molecular flexibility index (Phi) is 5.95. The predicted octanol–water partition coefficient (Wildman–Crippen LogP) is 4.42. The molecule has 0 fully saturated rings. The van der Waals surface area contributed by atoms with Crippen molar-refractivity contribution < 1.29 is 8.78 Å². The summed E-state index contributed by atoms with van der Waals surface area (Å²) in [6.45, 7) is 2.89. The van der Waals surface area contributed by atoms with E-state index < -0.39 is 11.8 Å². The Morgan fingerprint density at radius 3 is 2.82 bits per heavy atom. The highest BCUT2D eigenvalue weighted by Gasteiger charge is 2.18. The molecule has 0 saturated carbocycles. The first-order valence-electron chi connectivity index (χ1n) is 10.5. The monoisotopic (exact) mass is 478 g/mol. The number of hydrogen-bond acceptors (Lipinski definition) is 8. The van der Waals surface area contributed by atoms with Crippen molar-refractivity contribution in [3.63, 3.8) is 0 Å². The van der Waals surface area contributed by atoms with E-state index in [1.54, 1.807) is 17.1 Å². The molecule has 1 unspecified atom stereocenters. The van der Waals surface area contributed by atoms with Crippen molar-refractivity contribution in [2.75, 3.05) is 11.9 Å². The lowest BCUT2D eigenvalue weighted by atomic mass is 9.97. The van der Waals surface area contributed by atoms with Crippen LogP contribution in [0.1, 0.15) is 18.5 Å². The first-order chi connectivity index (χ1) is 16.5. The lowest BCUT2D eigenvalue weighted by molar-refractivity contribution is 0.581. The molecule has 4 aromatic heterocycles. The van der Waals surface area contributed by atoms with E-state index in [2.05, 4.69) is 30.6 Å². The highest BCUT2D eigenvalue weighted by atomic mass is 32.1. The van der Waals surface area contributed by atoms with Crippen molar-refractivity contribution in [3.05, 3.63) is 72.4 Å². The number of nitrogens with one attached hydrogen (secondary N) is 1. The summed E-state index contributed by atoms with van der Waals surface area (Å²) in [6.07, 6.45) is 5.96. The second kappa shape index (κ2) is 9.20. The third-order valence-corrected chi connectivity index (χ3v) is 6.49. The molecule has 0 aliphatic rings.